The molecule has 0 fully saturated rings. The molecule has 0 unspecified atom stereocenters. The van der Waals surface area contributed by atoms with Gasteiger partial charge in [0.1, 0.15) is 16.4 Å². The van der Waals surface area contributed by atoms with Gasteiger partial charge in [0.2, 0.25) is 0 Å². The number of alkyl halides is 2. The SMILES string of the molecule is N#Cc1cc(Br)nc(C(F)F)c1C=O. The van der Waals surface area contributed by atoms with Gasteiger partial charge >= 0.3 is 0 Å². The zero-order valence-corrected chi connectivity index (χ0v) is 8.25. The molecule has 0 radical (unpaired) electrons. The molecule has 0 bridgehead atoms. The first-order valence-electron chi connectivity index (χ1n) is 3.44. The molecule has 0 spiro atoms. The Balaban J connectivity index is 3.49. The predicted octanol–water partition coefficient (Wildman–Crippen LogP) is 2.47. The topological polar surface area (TPSA) is 53.8 Å². The van der Waals surface area contributed by atoms with Crippen molar-refractivity contribution < 1.29 is 13.6 Å². The van der Waals surface area contributed by atoms with Gasteiger partial charge in [-0.2, -0.15) is 5.26 Å². The molecule has 0 aliphatic carbocycles. The van der Waals surface area contributed by atoms with Crippen LogP contribution in [0.25, 0.3) is 0 Å². The number of aldehydes is 1. The highest BCUT2D eigenvalue weighted by Gasteiger charge is 2.18. The molecular weight excluding hydrogens is 258 g/mol. The second kappa shape index (κ2) is 4.24. The Morgan fingerprint density at radius 2 is 2.29 bits per heavy atom. The normalized spacial score (nSPS) is 9.93. The van der Waals surface area contributed by atoms with E-state index in [1.807, 2.05) is 0 Å². The summed E-state index contributed by atoms with van der Waals surface area (Å²) in [4.78, 5) is 13.9. The third kappa shape index (κ3) is 1.93. The Morgan fingerprint density at radius 3 is 2.71 bits per heavy atom. The number of hydrogen-bond acceptors (Lipinski definition) is 3. The highest BCUT2D eigenvalue weighted by atomic mass is 79.9. The quantitative estimate of drug-likeness (QED) is 0.607. The van der Waals surface area contributed by atoms with Crippen LogP contribution < -0.4 is 0 Å². The second-order valence-electron chi connectivity index (χ2n) is 2.32. The van der Waals surface area contributed by atoms with Crippen LogP contribution in [0.1, 0.15) is 28.0 Å². The standard InChI is InChI=1S/C8H3BrF2N2O/c9-6-1-4(2-12)5(3-14)7(13-6)8(10)11/h1,3,8H. The summed E-state index contributed by atoms with van der Waals surface area (Å²) in [6.45, 7) is 0. The molecular formula is C8H3BrF2N2O. The Labute approximate surface area is 86.5 Å². The highest BCUT2D eigenvalue weighted by molar-refractivity contribution is 9.10. The molecule has 1 aromatic rings. The van der Waals surface area contributed by atoms with E-state index in [-0.39, 0.29) is 22.0 Å². The van der Waals surface area contributed by atoms with Gasteiger partial charge in [-0.3, -0.25) is 4.79 Å². The van der Waals surface area contributed by atoms with Crippen LogP contribution >= 0.6 is 15.9 Å². The van der Waals surface area contributed by atoms with Gasteiger partial charge in [-0.15, -0.1) is 0 Å². The van der Waals surface area contributed by atoms with E-state index in [0.29, 0.717) is 0 Å². The van der Waals surface area contributed by atoms with Crippen molar-refractivity contribution in [3.8, 4) is 6.07 Å². The Bertz CT molecular complexity index is 415. The van der Waals surface area contributed by atoms with Crippen LogP contribution in [-0.4, -0.2) is 11.3 Å². The number of carbonyl (C=O) groups is 1. The molecule has 72 valence electrons. The first-order valence-corrected chi connectivity index (χ1v) is 4.23. The number of rotatable bonds is 2. The molecule has 0 N–H and O–H groups in total. The summed E-state index contributed by atoms with van der Waals surface area (Å²) in [5.41, 5.74) is -1.14. The summed E-state index contributed by atoms with van der Waals surface area (Å²) in [6, 6.07) is 2.87. The van der Waals surface area contributed by atoms with E-state index in [1.54, 1.807) is 6.07 Å². The van der Waals surface area contributed by atoms with Crippen molar-refractivity contribution in [1.29, 1.82) is 5.26 Å². The Morgan fingerprint density at radius 1 is 1.64 bits per heavy atom. The molecule has 0 aliphatic rings. The second-order valence-corrected chi connectivity index (χ2v) is 3.13. The molecule has 0 aromatic carbocycles. The van der Waals surface area contributed by atoms with E-state index in [9.17, 15) is 13.6 Å². The maximum absolute atomic E-state index is 12.4. The fraction of sp³-hybridized carbons (Fsp3) is 0.125. The van der Waals surface area contributed by atoms with Crippen LogP contribution in [0.4, 0.5) is 8.78 Å². The van der Waals surface area contributed by atoms with E-state index >= 15 is 0 Å². The summed E-state index contributed by atoms with van der Waals surface area (Å²) < 4.78 is 24.8. The summed E-state index contributed by atoms with van der Waals surface area (Å²) in [5.74, 6) is 0. The van der Waals surface area contributed by atoms with Gasteiger partial charge in [-0.1, -0.05) is 0 Å². The predicted molar refractivity (Wildman–Crippen MR) is 47.0 cm³/mol. The summed E-state index contributed by atoms with van der Waals surface area (Å²) in [7, 11) is 0. The number of carbonyl (C=O) groups excluding carboxylic acids is 1. The first kappa shape index (κ1) is 10.7. The minimum Gasteiger partial charge on any atom is -0.298 e. The monoisotopic (exact) mass is 260 g/mol. The number of pyridine rings is 1. The van der Waals surface area contributed by atoms with E-state index < -0.39 is 12.1 Å². The average Bonchev–Trinajstić information content (AvgIpc) is 2.16. The molecule has 1 aromatic heterocycles. The maximum Gasteiger partial charge on any atom is 0.281 e. The molecule has 3 nitrogen and oxygen atoms in total. The number of aromatic nitrogens is 1. The zero-order chi connectivity index (χ0) is 10.7. The van der Waals surface area contributed by atoms with E-state index in [4.69, 9.17) is 5.26 Å². The minimum absolute atomic E-state index is 0.106. The average molecular weight is 261 g/mol. The minimum atomic E-state index is -2.88. The molecule has 6 heteroatoms. The van der Waals surface area contributed by atoms with Crippen LogP contribution in [0.5, 0.6) is 0 Å². The lowest BCUT2D eigenvalue weighted by molar-refractivity contribution is 0.110. The van der Waals surface area contributed by atoms with Crippen LogP contribution in [0, 0.1) is 11.3 Å². The van der Waals surface area contributed by atoms with Gasteiger partial charge in [0.05, 0.1) is 11.1 Å². The van der Waals surface area contributed by atoms with Crippen molar-refractivity contribution in [2.24, 2.45) is 0 Å². The third-order valence-corrected chi connectivity index (χ3v) is 1.91. The molecule has 14 heavy (non-hydrogen) atoms. The van der Waals surface area contributed by atoms with E-state index in [2.05, 4.69) is 20.9 Å². The van der Waals surface area contributed by atoms with E-state index in [0.717, 1.165) is 0 Å². The van der Waals surface area contributed by atoms with Gasteiger partial charge in [0, 0.05) is 0 Å². The van der Waals surface area contributed by atoms with Crippen molar-refractivity contribution in [3.63, 3.8) is 0 Å². The molecule has 0 saturated carbocycles. The van der Waals surface area contributed by atoms with Gasteiger partial charge in [-0.25, -0.2) is 13.8 Å². The largest absolute Gasteiger partial charge is 0.298 e. The molecule has 1 rings (SSSR count). The smallest absolute Gasteiger partial charge is 0.281 e. The van der Waals surface area contributed by atoms with Gasteiger partial charge in [-0.05, 0) is 22.0 Å². The van der Waals surface area contributed by atoms with Crippen LogP contribution in [0.15, 0.2) is 10.7 Å². The molecule has 1 heterocycles. The van der Waals surface area contributed by atoms with Crippen molar-refractivity contribution in [3.05, 3.63) is 27.5 Å². The first-order chi connectivity index (χ1) is 6.60. The van der Waals surface area contributed by atoms with Crippen LogP contribution in [-0.2, 0) is 0 Å². The molecule has 0 atom stereocenters. The summed E-state index contributed by atoms with van der Waals surface area (Å²) >= 11 is 2.87. The number of halogens is 3. The van der Waals surface area contributed by atoms with Crippen LogP contribution in [0.2, 0.25) is 0 Å². The van der Waals surface area contributed by atoms with Gasteiger partial charge in [0.15, 0.2) is 6.29 Å². The maximum atomic E-state index is 12.4. The lowest BCUT2D eigenvalue weighted by Gasteiger charge is -2.04. The third-order valence-electron chi connectivity index (χ3n) is 1.50. The summed E-state index contributed by atoms with van der Waals surface area (Å²) in [5, 5.41) is 8.58. The van der Waals surface area contributed by atoms with Gasteiger partial charge < -0.3 is 0 Å². The van der Waals surface area contributed by atoms with Crippen molar-refractivity contribution in [1.82, 2.24) is 4.98 Å². The molecule has 0 aliphatic heterocycles. The van der Waals surface area contributed by atoms with Crippen LogP contribution in [0.3, 0.4) is 0 Å². The number of nitriles is 1. The van der Waals surface area contributed by atoms with E-state index in [1.165, 1.54) is 6.07 Å². The number of nitrogens with zero attached hydrogens (tertiary/aromatic N) is 2. The molecule has 0 saturated heterocycles. The lowest BCUT2D eigenvalue weighted by atomic mass is 10.1. The Kier molecular flexibility index (Phi) is 3.25. The number of hydrogen-bond donors (Lipinski definition) is 0. The molecule has 0 amide bonds. The highest BCUT2D eigenvalue weighted by Crippen LogP contribution is 2.24. The Hall–Kier alpha value is -1.35. The lowest BCUT2D eigenvalue weighted by Crippen LogP contribution is -2.01. The van der Waals surface area contributed by atoms with Gasteiger partial charge in [0.25, 0.3) is 6.43 Å². The summed E-state index contributed by atoms with van der Waals surface area (Å²) in [6.07, 6.45) is -2.67. The van der Waals surface area contributed by atoms with Crippen molar-refractivity contribution in [2.45, 2.75) is 6.43 Å². The fourth-order valence-electron chi connectivity index (χ4n) is 0.925. The fourth-order valence-corrected chi connectivity index (χ4v) is 1.35. The van der Waals surface area contributed by atoms with Crippen molar-refractivity contribution in [2.75, 3.05) is 0 Å². The zero-order valence-electron chi connectivity index (χ0n) is 6.67. The van der Waals surface area contributed by atoms with Crippen molar-refractivity contribution >= 4 is 22.2 Å².